The second-order valence-corrected chi connectivity index (χ2v) is 5.96. The SMILES string of the molecule is CCCC(C)CC(=O)Nc1cc(C)nn1Cc1ccccc1. The first-order chi connectivity index (χ1) is 10.6. The van der Waals surface area contributed by atoms with E-state index in [0.29, 0.717) is 18.9 Å². The molecule has 1 aromatic carbocycles. The molecule has 1 amide bonds. The maximum Gasteiger partial charge on any atom is 0.225 e. The molecule has 0 fully saturated rings. The molecule has 0 saturated carbocycles. The number of rotatable bonds is 7. The number of aryl methyl sites for hydroxylation is 1. The molecule has 4 heteroatoms. The number of hydrogen-bond donors (Lipinski definition) is 1. The second-order valence-electron chi connectivity index (χ2n) is 5.96. The van der Waals surface area contributed by atoms with Gasteiger partial charge in [-0.3, -0.25) is 4.79 Å². The van der Waals surface area contributed by atoms with Crippen molar-refractivity contribution < 1.29 is 4.79 Å². The molecule has 2 rings (SSSR count). The van der Waals surface area contributed by atoms with E-state index in [1.54, 1.807) is 0 Å². The molecule has 0 aliphatic heterocycles. The molecular formula is C18H25N3O. The molecule has 0 radical (unpaired) electrons. The van der Waals surface area contributed by atoms with Crippen LogP contribution >= 0.6 is 0 Å². The lowest BCUT2D eigenvalue weighted by atomic mass is 10.0. The minimum absolute atomic E-state index is 0.0650. The molecule has 0 saturated heterocycles. The van der Waals surface area contributed by atoms with Gasteiger partial charge in [0.1, 0.15) is 5.82 Å². The summed E-state index contributed by atoms with van der Waals surface area (Å²) in [5.74, 6) is 1.25. The van der Waals surface area contributed by atoms with Crippen LogP contribution in [0.1, 0.15) is 44.4 Å². The van der Waals surface area contributed by atoms with Crippen LogP contribution in [0.25, 0.3) is 0 Å². The van der Waals surface area contributed by atoms with Crippen LogP contribution in [-0.4, -0.2) is 15.7 Å². The Labute approximate surface area is 132 Å². The van der Waals surface area contributed by atoms with Crippen LogP contribution in [0.15, 0.2) is 36.4 Å². The van der Waals surface area contributed by atoms with Crippen LogP contribution in [-0.2, 0) is 11.3 Å². The Bertz CT molecular complexity index is 604. The molecule has 1 N–H and O–H groups in total. The van der Waals surface area contributed by atoms with Crippen molar-refractivity contribution in [1.82, 2.24) is 9.78 Å². The summed E-state index contributed by atoms with van der Waals surface area (Å²) in [7, 11) is 0. The molecule has 118 valence electrons. The molecule has 0 aliphatic carbocycles. The molecule has 0 spiro atoms. The quantitative estimate of drug-likeness (QED) is 0.840. The summed E-state index contributed by atoms with van der Waals surface area (Å²) in [6, 6.07) is 12.1. The highest BCUT2D eigenvalue weighted by atomic mass is 16.1. The van der Waals surface area contributed by atoms with Gasteiger partial charge in [-0.05, 0) is 18.4 Å². The lowest BCUT2D eigenvalue weighted by Crippen LogP contribution is -2.18. The minimum Gasteiger partial charge on any atom is -0.311 e. The predicted octanol–water partition coefficient (Wildman–Crippen LogP) is 4.00. The summed E-state index contributed by atoms with van der Waals surface area (Å²) >= 11 is 0. The number of amides is 1. The first-order valence-electron chi connectivity index (χ1n) is 7.96. The Morgan fingerprint density at radius 1 is 1.32 bits per heavy atom. The van der Waals surface area contributed by atoms with Crippen LogP contribution in [0.4, 0.5) is 5.82 Å². The van der Waals surface area contributed by atoms with Gasteiger partial charge in [0, 0.05) is 12.5 Å². The lowest BCUT2D eigenvalue weighted by molar-refractivity contribution is -0.117. The van der Waals surface area contributed by atoms with Crippen molar-refractivity contribution >= 4 is 11.7 Å². The zero-order chi connectivity index (χ0) is 15.9. The lowest BCUT2D eigenvalue weighted by Gasteiger charge is -2.12. The third-order valence-corrected chi connectivity index (χ3v) is 3.66. The fourth-order valence-electron chi connectivity index (χ4n) is 2.63. The van der Waals surface area contributed by atoms with Crippen molar-refractivity contribution in [2.24, 2.45) is 5.92 Å². The fraction of sp³-hybridized carbons (Fsp3) is 0.444. The highest BCUT2D eigenvalue weighted by Crippen LogP contribution is 2.15. The minimum atomic E-state index is 0.0650. The van der Waals surface area contributed by atoms with E-state index in [0.717, 1.165) is 24.4 Å². The number of nitrogens with zero attached hydrogens (tertiary/aromatic N) is 2. The van der Waals surface area contributed by atoms with Gasteiger partial charge in [0.15, 0.2) is 0 Å². The summed E-state index contributed by atoms with van der Waals surface area (Å²) in [5, 5.41) is 7.48. The molecule has 2 aromatic rings. The van der Waals surface area contributed by atoms with Crippen LogP contribution < -0.4 is 5.32 Å². The Morgan fingerprint density at radius 3 is 2.73 bits per heavy atom. The third-order valence-electron chi connectivity index (χ3n) is 3.66. The normalized spacial score (nSPS) is 12.1. The standard InChI is InChI=1S/C18H25N3O/c1-4-8-14(2)11-18(22)19-17-12-15(3)20-21(17)13-16-9-6-5-7-10-16/h5-7,9-10,12,14H,4,8,11,13H2,1-3H3,(H,19,22). The zero-order valence-corrected chi connectivity index (χ0v) is 13.7. The Kier molecular flexibility index (Phi) is 5.75. The highest BCUT2D eigenvalue weighted by molar-refractivity contribution is 5.90. The Morgan fingerprint density at radius 2 is 2.05 bits per heavy atom. The van der Waals surface area contributed by atoms with E-state index in [2.05, 4.69) is 36.4 Å². The molecule has 4 nitrogen and oxygen atoms in total. The van der Waals surface area contributed by atoms with Crippen molar-refractivity contribution in [2.75, 3.05) is 5.32 Å². The molecule has 0 aliphatic rings. The van der Waals surface area contributed by atoms with Gasteiger partial charge >= 0.3 is 0 Å². The van der Waals surface area contributed by atoms with E-state index < -0.39 is 0 Å². The monoisotopic (exact) mass is 299 g/mol. The van der Waals surface area contributed by atoms with Crippen molar-refractivity contribution in [3.05, 3.63) is 47.7 Å². The summed E-state index contributed by atoms with van der Waals surface area (Å²) in [5.41, 5.74) is 2.08. The van der Waals surface area contributed by atoms with Crippen LogP contribution in [0.2, 0.25) is 0 Å². The number of anilines is 1. The van der Waals surface area contributed by atoms with Crippen LogP contribution in [0, 0.1) is 12.8 Å². The summed E-state index contributed by atoms with van der Waals surface area (Å²) < 4.78 is 1.85. The summed E-state index contributed by atoms with van der Waals surface area (Å²) in [6.07, 6.45) is 2.75. The van der Waals surface area contributed by atoms with Gasteiger partial charge < -0.3 is 5.32 Å². The van der Waals surface area contributed by atoms with E-state index in [1.165, 1.54) is 5.56 Å². The Hall–Kier alpha value is -2.10. The van der Waals surface area contributed by atoms with Gasteiger partial charge in [-0.15, -0.1) is 0 Å². The van der Waals surface area contributed by atoms with E-state index in [4.69, 9.17) is 0 Å². The molecular weight excluding hydrogens is 274 g/mol. The first kappa shape index (κ1) is 16.3. The van der Waals surface area contributed by atoms with Gasteiger partial charge in [0.25, 0.3) is 0 Å². The number of benzene rings is 1. The maximum absolute atomic E-state index is 12.2. The van der Waals surface area contributed by atoms with Gasteiger partial charge in [-0.2, -0.15) is 5.10 Å². The van der Waals surface area contributed by atoms with E-state index in [-0.39, 0.29) is 5.91 Å². The number of hydrogen-bond acceptors (Lipinski definition) is 2. The fourth-order valence-corrected chi connectivity index (χ4v) is 2.63. The maximum atomic E-state index is 12.2. The molecule has 0 bridgehead atoms. The van der Waals surface area contributed by atoms with Crippen LogP contribution in [0.3, 0.4) is 0 Å². The molecule has 1 heterocycles. The molecule has 1 aromatic heterocycles. The summed E-state index contributed by atoms with van der Waals surface area (Å²) in [6.45, 7) is 6.87. The number of nitrogens with one attached hydrogen (secondary N) is 1. The molecule has 1 unspecified atom stereocenters. The van der Waals surface area contributed by atoms with Gasteiger partial charge in [0.05, 0.1) is 12.2 Å². The number of carbonyl (C=O) groups is 1. The largest absolute Gasteiger partial charge is 0.311 e. The first-order valence-corrected chi connectivity index (χ1v) is 7.96. The van der Waals surface area contributed by atoms with Gasteiger partial charge in [0.2, 0.25) is 5.91 Å². The third kappa shape index (κ3) is 4.72. The predicted molar refractivity (Wildman–Crippen MR) is 89.8 cm³/mol. The zero-order valence-electron chi connectivity index (χ0n) is 13.7. The second kappa shape index (κ2) is 7.78. The van der Waals surface area contributed by atoms with Crippen molar-refractivity contribution in [1.29, 1.82) is 0 Å². The smallest absolute Gasteiger partial charge is 0.225 e. The van der Waals surface area contributed by atoms with Crippen LogP contribution in [0.5, 0.6) is 0 Å². The Balaban J connectivity index is 2.03. The number of carbonyl (C=O) groups excluding carboxylic acids is 1. The topological polar surface area (TPSA) is 46.9 Å². The number of aromatic nitrogens is 2. The van der Waals surface area contributed by atoms with Crippen molar-refractivity contribution in [3.8, 4) is 0 Å². The van der Waals surface area contributed by atoms with Crippen molar-refractivity contribution in [2.45, 2.75) is 46.6 Å². The summed E-state index contributed by atoms with van der Waals surface area (Å²) in [4.78, 5) is 12.2. The molecule has 1 atom stereocenters. The van der Waals surface area contributed by atoms with Crippen molar-refractivity contribution in [3.63, 3.8) is 0 Å². The van der Waals surface area contributed by atoms with Gasteiger partial charge in [-0.1, -0.05) is 57.0 Å². The van der Waals surface area contributed by atoms with E-state index in [9.17, 15) is 4.79 Å². The van der Waals surface area contributed by atoms with E-state index >= 15 is 0 Å². The van der Waals surface area contributed by atoms with E-state index in [1.807, 2.05) is 35.9 Å². The molecule has 22 heavy (non-hydrogen) atoms. The average molecular weight is 299 g/mol. The highest BCUT2D eigenvalue weighted by Gasteiger charge is 2.12. The average Bonchev–Trinajstić information content (AvgIpc) is 2.79. The van der Waals surface area contributed by atoms with Gasteiger partial charge in [-0.25, -0.2) is 4.68 Å².